The maximum atomic E-state index is 11.2. The third kappa shape index (κ3) is 8.43. The minimum atomic E-state index is -3.49. The number of carbonyl (C=O) groups is 2. The van der Waals surface area contributed by atoms with Crippen molar-refractivity contribution in [2.75, 3.05) is 11.5 Å². The second-order valence-electron chi connectivity index (χ2n) is 3.66. The monoisotopic (exact) mass is 324 g/mol. The van der Waals surface area contributed by atoms with Crippen molar-refractivity contribution >= 4 is 31.5 Å². The normalized spacial score (nSPS) is 11.4. The number of hydrazine groups is 1. The average Bonchev–Trinajstić information content (AvgIpc) is 2.40. The fourth-order valence-electron chi connectivity index (χ4n) is 0.901. The first-order chi connectivity index (χ1) is 9.12. The zero-order valence-electron chi connectivity index (χ0n) is 10.7. The van der Waals surface area contributed by atoms with E-state index in [1.807, 2.05) is 10.9 Å². The molecule has 0 aromatic heterocycles. The van der Waals surface area contributed by atoms with E-state index < -0.39 is 43.0 Å². The number of carbonyl (C=O) groups excluding carboxylic acids is 2. The van der Waals surface area contributed by atoms with Crippen LogP contribution in [-0.2, 0) is 29.3 Å². The van der Waals surface area contributed by atoms with E-state index in [1.165, 1.54) is 0 Å². The Kier molecular flexibility index (Phi) is 7.14. The molecule has 114 valence electrons. The van der Waals surface area contributed by atoms with Crippen molar-refractivity contribution in [3.05, 3.63) is 24.0 Å². The summed E-state index contributed by atoms with van der Waals surface area (Å²) >= 11 is 0. The SMILES string of the molecule is C=CS(=O)(=O)CCC(=O)NNC(=O)CCS(=O)(=O)C=C. The number of amides is 2. The molecule has 0 saturated heterocycles. The molecule has 0 heterocycles. The highest BCUT2D eigenvalue weighted by atomic mass is 32.2. The summed E-state index contributed by atoms with van der Waals surface area (Å²) in [6.07, 6.45) is -0.695. The van der Waals surface area contributed by atoms with Crippen molar-refractivity contribution in [3.63, 3.8) is 0 Å². The molecule has 0 atom stereocenters. The third-order valence-electron chi connectivity index (χ3n) is 2.08. The van der Waals surface area contributed by atoms with Crippen molar-refractivity contribution in [1.29, 1.82) is 0 Å². The van der Waals surface area contributed by atoms with Crippen LogP contribution in [0.15, 0.2) is 24.0 Å². The van der Waals surface area contributed by atoms with Gasteiger partial charge in [-0.3, -0.25) is 20.4 Å². The molecule has 0 aliphatic rings. The molecule has 0 bridgehead atoms. The first kappa shape index (κ1) is 18.3. The highest BCUT2D eigenvalue weighted by Gasteiger charge is 2.12. The Bertz CT molecular complexity index is 537. The number of sulfone groups is 2. The van der Waals surface area contributed by atoms with Gasteiger partial charge in [0, 0.05) is 23.7 Å². The third-order valence-corrected chi connectivity index (χ3v) is 4.64. The average molecular weight is 324 g/mol. The van der Waals surface area contributed by atoms with E-state index in [0.717, 1.165) is 10.8 Å². The number of rotatable bonds is 8. The predicted molar refractivity (Wildman–Crippen MR) is 73.5 cm³/mol. The van der Waals surface area contributed by atoms with Gasteiger partial charge in [-0.2, -0.15) is 0 Å². The van der Waals surface area contributed by atoms with E-state index in [0.29, 0.717) is 0 Å². The van der Waals surface area contributed by atoms with E-state index in [2.05, 4.69) is 13.2 Å². The van der Waals surface area contributed by atoms with E-state index in [1.54, 1.807) is 0 Å². The molecule has 0 rings (SSSR count). The lowest BCUT2D eigenvalue weighted by molar-refractivity contribution is -0.128. The molecule has 0 aliphatic heterocycles. The molecule has 20 heavy (non-hydrogen) atoms. The summed E-state index contributed by atoms with van der Waals surface area (Å²) in [5.74, 6) is -2.28. The summed E-state index contributed by atoms with van der Waals surface area (Å²) in [5, 5.41) is 1.47. The van der Waals surface area contributed by atoms with Crippen LogP contribution in [0.4, 0.5) is 0 Å². The summed E-state index contributed by atoms with van der Waals surface area (Å²) in [5.41, 5.74) is 3.95. The smallest absolute Gasteiger partial charge is 0.239 e. The molecule has 0 saturated carbocycles. The zero-order chi connectivity index (χ0) is 15.8. The van der Waals surface area contributed by atoms with Crippen LogP contribution in [0.3, 0.4) is 0 Å². The Balaban J connectivity index is 4.05. The molecule has 10 heteroatoms. The molecule has 0 fully saturated rings. The fraction of sp³-hybridized carbons (Fsp3) is 0.400. The Morgan fingerprint density at radius 1 is 0.800 bits per heavy atom. The Morgan fingerprint density at radius 3 is 1.35 bits per heavy atom. The minimum absolute atomic E-state index is 0.348. The lowest BCUT2D eigenvalue weighted by Crippen LogP contribution is -2.42. The van der Waals surface area contributed by atoms with Gasteiger partial charge in [-0.25, -0.2) is 16.8 Å². The second kappa shape index (κ2) is 7.80. The van der Waals surface area contributed by atoms with E-state index >= 15 is 0 Å². The molecule has 0 aromatic carbocycles. The summed E-state index contributed by atoms with van der Waals surface area (Å²) in [7, 11) is -6.97. The van der Waals surface area contributed by atoms with Crippen LogP contribution >= 0.6 is 0 Å². The van der Waals surface area contributed by atoms with Crippen LogP contribution in [0.25, 0.3) is 0 Å². The lowest BCUT2D eigenvalue weighted by Gasteiger charge is -2.06. The molecule has 2 amide bonds. The first-order valence-electron chi connectivity index (χ1n) is 5.40. The molecule has 0 radical (unpaired) electrons. The van der Waals surface area contributed by atoms with Crippen molar-refractivity contribution in [1.82, 2.24) is 10.9 Å². The van der Waals surface area contributed by atoms with Gasteiger partial charge in [0.1, 0.15) is 0 Å². The standard InChI is InChI=1S/C10H16N2O6S2/c1-3-19(15,16)7-5-9(13)11-12-10(14)6-8-20(17,18)4-2/h3-4H,1-2,5-8H2,(H,11,13)(H,12,14). The van der Waals surface area contributed by atoms with Gasteiger partial charge in [0.05, 0.1) is 11.5 Å². The van der Waals surface area contributed by atoms with Gasteiger partial charge in [0.25, 0.3) is 0 Å². The van der Waals surface area contributed by atoms with Gasteiger partial charge >= 0.3 is 0 Å². The maximum absolute atomic E-state index is 11.2. The molecule has 2 N–H and O–H groups in total. The summed E-state index contributed by atoms with van der Waals surface area (Å²) in [6.45, 7) is 6.17. The van der Waals surface area contributed by atoms with Gasteiger partial charge < -0.3 is 0 Å². The summed E-state index contributed by atoms with van der Waals surface area (Å²) in [6, 6.07) is 0. The van der Waals surface area contributed by atoms with Crippen LogP contribution in [0.5, 0.6) is 0 Å². The molecule has 0 unspecified atom stereocenters. The zero-order valence-corrected chi connectivity index (χ0v) is 12.3. The van der Waals surface area contributed by atoms with Crippen LogP contribution in [0.2, 0.25) is 0 Å². The fourth-order valence-corrected chi connectivity index (χ4v) is 2.17. The van der Waals surface area contributed by atoms with Gasteiger partial charge in [0.15, 0.2) is 19.7 Å². The molecule has 0 spiro atoms. The van der Waals surface area contributed by atoms with E-state index in [4.69, 9.17) is 0 Å². The Hall–Kier alpha value is -1.68. The second-order valence-corrected chi connectivity index (χ2v) is 7.80. The van der Waals surface area contributed by atoms with Gasteiger partial charge in [-0.05, 0) is 0 Å². The number of nitrogens with one attached hydrogen (secondary N) is 2. The van der Waals surface area contributed by atoms with Gasteiger partial charge in [0.2, 0.25) is 11.8 Å². The maximum Gasteiger partial charge on any atom is 0.239 e. The summed E-state index contributed by atoms with van der Waals surface area (Å²) in [4.78, 5) is 22.4. The predicted octanol–water partition coefficient (Wildman–Crippen LogP) is -0.969. The lowest BCUT2D eigenvalue weighted by atomic mass is 10.4. The van der Waals surface area contributed by atoms with E-state index in [-0.39, 0.29) is 12.8 Å². The number of hydrogen-bond acceptors (Lipinski definition) is 6. The quantitative estimate of drug-likeness (QED) is 0.553. The van der Waals surface area contributed by atoms with Gasteiger partial charge in [-0.1, -0.05) is 13.2 Å². The summed E-state index contributed by atoms with van der Waals surface area (Å²) < 4.78 is 44.1. The minimum Gasteiger partial charge on any atom is -0.273 e. The van der Waals surface area contributed by atoms with Crippen molar-refractivity contribution in [2.24, 2.45) is 0 Å². The molecular formula is C10H16N2O6S2. The molecular weight excluding hydrogens is 308 g/mol. The topological polar surface area (TPSA) is 126 Å². The van der Waals surface area contributed by atoms with Crippen molar-refractivity contribution in [2.45, 2.75) is 12.8 Å². The molecule has 8 nitrogen and oxygen atoms in total. The Morgan fingerprint density at radius 2 is 1.10 bits per heavy atom. The Labute approximate surface area is 117 Å². The highest BCUT2D eigenvalue weighted by molar-refractivity contribution is 7.94. The van der Waals surface area contributed by atoms with Crippen molar-refractivity contribution < 1.29 is 26.4 Å². The number of hydrogen-bond donors (Lipinski definition) is 2. The van der Waals surface area contributed by atoms with Crippen LogP contribution < -0.4 is 10.9 Å². The largest absolute Gasteiger partial charge is 0.273 e. The molecule has 0 aliphatic carbocycles. The van der Waals surface area contributed by atoms with Crippen LogP contribution in [-0.4, -0.2) is 40.2 Å². The first-order valence-corrected chi connectivity index (χ1v) is 8.83. The molecule has 0 aromatic rings. The highest BCUT2D eigenvalue weighted by Crippen LogP contribution is 1.95. The van der Waals surface area contributed by atoms with E-state index in [9.17, 15) is 26.4 Å². The van der Waals surface area contributed by atoms with Crippen LogP contribution in [0.1, 0.15) is 12.8 Å². The van der Waals surface area contributed by atoms with Crippen LogP contribution in [0, 0.1) is 0 Å². The van der Waals surface area contributed by atoms with Gasteiger partial charge in [-0.15, -0.1) is 0 Å². The van der Waals surface area contributed by atoms with Crippen molar-refractivity contribution in [3.8, 4) is 0 Å².